The summed E-state index contributed by atoms with van der Waals surface area (Å²) in [5, 5.41) is 4.22. The Hall–Kier alpha value is -3.42. The summed E-state index contributed by atoms with van der Waals surface area (Å²) in [5.74, 6) is 9.06. The number of hydrogen-bond donors (Lipinski definition) is 1. The van der Waals surface area contributed by atoms with E-state index in [0.717, 1.165) is 69.1 Å². The predicted octanol–water partition coefficient (Wildman–Crippen LogP) is 3.99. The highest BCUT2D eigenvalue weighted by Gasteiger charge is 2.29. The SMILES string of the molecule is CCCN1CC[C@@H](NC(=O)[C@H]2CC[C@H](C#Cc3nccc(-n4ccc5c(OCCCS(C)(=O)=O)cccc54)n3)CC2)C1. The van der Waals surface area contributed by atoms with Gasteiger partial charge in [0.05, 0.1) is 17.9 Å². The lowest BCUT2D eigenvalue weighted by Crippen LogP contribution is -2.41. The van der Waals surface area contributed by atoms with E-state index < -0.39 is 9.84 Å². The summed E-state index contributed by atoms with van der Waals surface area (Å²) in [6.45, 7) is 5.69. The molecule has 9 nitrogen and oxygen atoms in total. The summed E-state index contributed by atoms with van der Waals surface area (Å²) in [6, 6.07) is 9.90. The lowest BCUT2D eigenvalue weighted by molar-refractivity contribution is -0.126. The van der Waals surface area contributed by atoms with E-state index in [4.69, 9.17) is 9.72 Å². The Bertz CT molecular complexity index is 1550. The zero-order chi connectivity index (χ0) is 29.5. The minimum Gasteiger partial charge on any atom is -0.493 e. The number of nitrogens with zero attached hydrogens (tertiary/aromatic N) is 4. The molecule has 5 rings (SSSR count). The highest BCUT2D eigenvalue weighted by atomic mass is 32.2. The molecular formula is C32H41N5O4S. The Balaban J connectivity index is 1.17. The number of nitrogens with one attached hydrogen (secondary N) is 1. The molecule has 1 atom stereocenters. The zero-order valence-corrected chi connectivity index (χ0v) is 25.4. The number of carbonyl (C=O) groups excluding carboxylic acids is 1. The standard InChI is InChI=1S/C32H41N5O4S/c1-3-18-36-19-15-26(23-36)34-32(38)25-11-8-24(9-12-25)10-13-30-33-17-14-31(35-30)37-20-16-27-28(37)6-4-7-29(27)41-21-5-22-42(2,39)40/h4,6-7,14,16-17,20,24-26H,3,5,8-9,11-12,15,18-19,21-23H2,1-2H3,(H,34,38)/t24-,25-,26-/m1/s1. The molecule has 1 saturated carbocycles. The minimum atomic E-state index is -3.01. The predicted molar refractivity (Wildman–Crippen MR) is 164 cm³/mol. The summed E-state index contributed by atoms with van der Waals surface area (Å²) in [6.07, 6.45) is 11.1. The molecule has 10 heteroatoms. The van der Waals surface area contributed by atoms with Crippen LogP contribution in [0.5, 0.6) is 5.75 Å². The maximum atomic E-state index is 12.9. The van der Waals surface area contributed by atoms with Crippen molar-refractivity contribution >= 4 is 26.6 Å². The maximum Gasteiger partial charge on any atom is 0.223 e. The van der Waals surface area contributed by atoms with Gasteiger partial charge in [-0.2, -0.15) is 0 Å². The molecule has 42 heavy (non-hydrogen) atoms. The number of likely N-dealkylation sites (tertiary alicyclic amines) is 1. The van der Waals surface area contributed by atoms with Crippen LogP contribution in [0.1, 0.15) is 57.7 Å². The average Bonchev–Trinajstić information content (AvgIpc) is 3.61. The van der Waals surface area contributed by atoms with Crippen molar-refractivity contribution in [3.05, 3.63) is 48.5 Å². The molecule has 224 valence electrons. The van der Waals surface area contributed by atoms with E-state index in [2.05, 4.69) is 34.0 Å². The Labute approximate surface area is 249 Å². The van der Waals surface area contributed by atoms with Crippen LogP contribution in [-0.2, 0) is 14.6 Å². The van der Waals surface area contributed by atoms with Crippen molar-refractivity contribution in [3.8, 4) is 23.4 Å². The Morgan fingerprint density at radius 3 is 2.76 bits per heavy atom. The molecule has 3 aromatic rings. The van der Waals surface area contributed by atoms with Gasteiger partial charge in [-0.05, 0) is 81.7 Å². The number of ether oxygens (including phenoxy) is 1. The molecule has 0 spiro atoms. The van der Waals surface area contributed by atoms with Crippen LogP contribution < -0.4 is 10.1 Å². The van der Waals surface area contributed by atoms with Gasteiger partial charge in [0.1, 0.15) is 21.4 Å². The van der Waals surface area contributed by atoms with Gasteiger partial charge in [0, 0.05) is 55.0 Å². The van der Waals surface area contributed by atoms with Gasteiger partial charge in [0.15, 0.2) is 0 Å². The van der Waals surface area contributed by atoms with Crippen LogP contribution in [0.3, 0.4) is 0 Å². The molecule has 1 amide bonds. The summed E-state index contributed by atoms with van der Waals surface area (Å²) < 4.78 is 30.7. The topological polar surface area (TPSA) is 106 Å². The quantitative estimate of drug-likeness (QED) is 0.281. The molecule has 0 bridgehead atoms. The van der Waals surface area contributed by atoms with E-state index in [0.29, 0.717) is 30.4 Å². The third kappa shape index (κ3) is 7.90. The van der Waals surface area contributed by atoms with Crippen LogP contribution in [0.4, 0.5) is 0 Å². The Kier molecular flexibility index (Phi) is 9.80. The second-order valence-corrected chi connectivity index (χ2v) is 13.8. The second-order valence-electron chi connectivity index (χ2n) is 11.6. The van der Waals surface area contributed by atoms with Gasteiger partial charge in [0.25, 0.3) is 0 Å². The van der Waals surface area contributed by atoms with Crippen molar-refractivity contribution < 1.29 is 17.9 Å². The summed E-state index contributed by atoms with van der Waals surface area (Å²) in [7, 11) is -3.01. The third-order valence-corrected chi connectivity index (χ3v) is 9.17. The van der Waals surface area contributed by atoms with E-state index in [-0.39, 0.29) is 29.5 Å². The van der Waals surface area contributed by atoms with Gasteiger partial charge in [-0.15, -0.1) is 0 Å². The fraction of sp³-hybridized carbons (Fsp3) is 0.531. The summed E-state index contributed by atoms with van der Waals surface area (Å²) in [4.78, 5) is 24.4. The van der Waals surface area contributed by atoms with Gasteiger partial charge in [-0.25, -0.2) is 18.4 Å². The average molecular weight is 592 g/mol. The first kappa shape index (κ1) is 30.1. The number of carbonyl (C=O) groups is 1. The first-order chi connectivity index (χ1) is 20.3. The van der Waals surface area contributed by atoms with Crippen molar-refractivity contribution in [1.82, 2.24) is 24.8 Å². The van der Waals surface area contributed by atoms with Crippen molar-refractivity contribution in [2.45, 2.75) is 57.9 Å². The number of amides is 1. The number of hydrogen-bond acceptors (Lipinski definition) is 7. The molecule has 1 saturated heterocycles. The number of fused-ring (bicyclic) bond motifs is 1. The minimum absolute atomic E-state index is 0.0819. The van der Waals surface area contributed by atoms with Crippen LogP contribution in [0.15, 0.2) is 42.7 Å². The third-order valence-electron chi connectivity index (χ3n) is 8.14. The van der Waals surface area contributed by atoms with E-state index in [1.165, 1.54) is 6.26 Å². The van der Waals surface area contributed by atoms with Crippen molar-refractivity contribution in [3.63, 3.8) is 0 Å². The molecule has 0 unspecified atom stereocenters. The summed E-state index contributed by atoms with van der Waals surface area (Å²) in [5.41, 5.74) is 0.931. The fourth-order valence-electron chi connectivity index (χ4n) is 5.97. The molecule has 2 aliphatic rings. The summed E-state index contributed by atoms with van der Waals surface area (Å²) >= 11 is 0. The molecule has 2 aromatic heterocycles. The van der Waals surface area contributed by atoms with Crippen LogP contribution in [0, 0.1) is 23.7 Å². The first-order valence-electron chi connectivity index (χ1n) is 15.1. The van der Waals surface area contributed by atoms with Crippen LogP contribution in [0.25, 0.3) is 16.7 Å². The van der Waals surface area contributed by atoms with Gasteiger partial charge in [-0.3, -0.25) is 4.79 Å². The van der Waals surface area contributed by atoms with E-state index in [9.17, 15) is 13.2 Å². The second kappa shape index (κ2) is 13.7. The van der Waals surface area contributed by atoms with Crippen LogP contribution in [0.2, 0.25) is 0 Å². The lowest BCUT2D eigenvalue weighted by Gasteiger charge is -2.26. The number of aromatic nitrogens is 3. The van der Waals surface area contributed by atoms with E-state index in [1.807, 2.05) is 41.1 Å². The van der Waals surface area contributed by atoms with Crippen molar-refractivity contribution in [1.29, 1.82) is 0 Å². The molecule has 0 radical (unpaired) electrons. The number of benzene rings is 1. The van der Waals surface area contributed by atoms with Crippen LogP contribution >= 0.6 is 0 Å². The van der Waals surface area contributed by atoms with Gasteiger partial charge >= 0.3 is 0 Å². The van der Waals surface area contributed by atoms with Gasteiger partial charge < -0.3 is 19.5 Å². The molecule has 1 aliphatic carbocycles. The number of rotatable bonds is 10. The molecule has 1 aliphatic heterocycles. The molecular weight excluding hydrogens is 550 g/mol. The Morgan fingerprint density at radius 1 is 1.14 bits per heavy atom. The van der Waals surface area contributed by atoms with Crippen molar-refractivity contribution in [2.75, 3.05) is 38.2 Å². The van der Waals surface area contributed by atoms with Gasteiger partial charge in [-0.1, -0.05) is 18.9 Å². The highest BCUT2D eigenvalue weighted by Crippen LogP contribution is 2.30. The normalized spacial score (nSPS) is 21.1. The van der Waals surface area contributed by atoms with Crippen molar-refractivity contribution in [2.24, 2.45) is 11.8 Å². The smallest absolute Gasteiger partial charge is 0.223 e. The highest BCUT2D eigenvalue weighted by molar-refractivity contribution is 7.90. The van der Waals surface area contributed by atoms with Crippen LogP contribution in [-0.4, -0.2) is 78.1 Å². The first-order valence-corrected chi connectivity index (χ1v) is 17.1. The largest absolute Gasteiger partial charge is 0.493 e. The zero-order valence-electron chi connectivity index (χ0n) is 24.6. The fourth-order valence-corrected chi connectivity index (χ4v) is 6.61. The van der Waals surface area contributed by atoms with Gasteiger partial charge in [0.2, 0.25) is 11.7 Å². The molecule has 1 N–H and O–H groups in total. The Morgan fingerprint density at radius 2 is 1.98 bits per heavy atom. The monoisotopic (exact) mass is 591 g/mol. The number of sulfone groups is 1. The molecule has 3 heterocycles. The van der Waals surface area contributed by atoms with E-state index in [1.54, 1.807) is 6.20 Å². The van der Waals surface area contributed by atoms with E-state index >= 15 is 0 Å². The molecule has 2 fully saturated rings. The molecule has 1 aromatic carbocycles. The lowest BCUT2D eigenvalue weighted by atomic mass is 9.82. The maximum absolute atomic E-state index is 12.9.